The number of rotatable bonds is 7. The van der Waals surface area contributed by atoms with Crippen molar-refractivity contribution in [3.05, 3.63) is 89.9 Å². The van der Waals surface area contributed by atoms with E-state index in [-0.39, 0.29) is 17.9 Å². The van der Waals surface area contributed by atoms with Crippen molar-refractivity contribution in [2.75, 3.05) is 32.5 Å². The lowest BCUT2D eigenvalue weighted by molar-refractivity contribution is -0.125. The van der Waals surface area contributed by atoms with E-state index < -0.39 is 0 Å². The number of aliphatic imine (C=N–C) groups is 1. The first kappa shape index (κ1) is 22.7. The molecule has 35 heavy (non-hydrogen) atoms. The third kappa shape index (κ3) is 4.79. The molecule has 0 radical (unpaired) electrons. The Balaban J connectivity index is 1.38. The average molecular weight is 470 g/mol. The van der Waals surface area contributed by atoms with Crippen LogP contribution < -0.4 is 10.5 Å². The summed E-state index contributed by atoms with van der Waals surface area (Å²) >= 11 is 0. The maximum absolute atomic E-state index is 12.5. The standard InChI is InChI=1S/C27H27N5O3/c1-34-15-5-8-22(33)32-14-13-19(16-32)25-26-23(27(28)30-17-29-26)24(31-25)18-9-11-21(12-10-18)35-20-6-3-2-4-7-20/h2-12,17,19,25H,13-16H2,1H3,(H2,28,29,30)/b8-5+. The van der Waals surface area contributed by atoms with Crippen LogP contribution in [0.4, 0.5) is 5.82 Å². The van der Waals surface area contributed by atoms with Crippen LogP contribution in [0.2, 0.25) is 0 Å². The van der Waals surface area contributed by atoms with Crippen molar-refractivity contribution in [2.24, 2.45) is 10.9 Å². The van der Waals surface area contributed by atoms with Crippen molar-refractivity contribution in [1.82, 2.24) is 14.9 Å². The first-order valence-electron chi connectivity index (χ1n) is 11.6. The van der Waals surface area contributed by atoms with Crippen LogP contribution in [0.3, 0.4) is 0 Å². The van der Waals surface area contributed by atoms with Gasteiger partial charge in [0.15, 0.2) is 0 Å². The van der Waals surface area contributed by atoms with E-state index in [0.717, 1.165) is 40.5 Å². The smallest absolute Gasteiger partial charge is 0.246 e. The molecule has 5 rings (SSSR count). The molecule has 0 bridgehead atoms. The highest BCUT2D eigenvalue weighted by Gasteiger charge is 2.39. The summed E-state index contributed by atoms with van der Waals surface area (Å²) in [7, 11) is 1.60. The minimum absolute atomic E-state index is 0.0109. The summed E-state index contributed by atoms with van der Waals surface area (Å²) in [4.78, 5) is 28.2. The number of aromatic nitrogens is 2. The van der Waals surface area contributed by atoms with E-state index in [9.17, 15) is 4.79 Å². The van der Waals surface area contributed by atoms with E-state index in [0.29, 0.717) is 25.5 Å². The van der Waals surface area contributed by atoms with Gasteiger partial charge in [0, 0.05) is 37.8 Å². The molecule has 2 aliphatic heterocycles. The molecule has 2 atom stereocenters. The lowest BCUT2D eigenvalue weighted by Crippen LogP contribution is -2.27. The molecule has 1 amide bonds. The summed E-state index contributed by atoms with van der Waals surface area (Å²) < 4.78 is 10.9. The first-order valence-corrected chi connectivity index (χ1v) is 11.6. The fourth-order valence-corrected chi connectivity index (χ4v) is 4.59. The molecule has 0 spiro atoms. The molecular formula is C27H27N5O3. The lowest BCUT2D eigenvalue weighted by Gasteiger charge is -2.18. The number of hydrogen-bond acceptors (Lipinski definition) is 7. The molecule has 1 aromatic heterocycles. The quantitative estimate of drug-likeness (QED) is 0.528. The number of hydrogen-bond donors (Lipinski definition) is 1. The third-order valence-electron chi connectivity index (χ3n) is 6.30. The van der Waals surface area contributed by atoms with Gasteiger partial charge in [0.2, 0.25) is 5.91 Å². The number of amides is 1. The summed E-state index contributed by atoms with van der Waals surface area (Å²) in [6, 6.07) is 17.3. The van der Waals surface area contributed by atoms with Gasteiger partial charge in [-0.15, -0.1) is 0 Å². The number of methoxy groups -OCH3 is 1. The number of benzene rings is 2. The number of anilines is 1. The largest absolute Gasteiger partial charge is 0.457 e. The summed E-state index contributed by atoms with van der Waals surface area (Å²) in [5.74, 6) is 2.07. The van der Waals surface area contributed by atoms with Crippen LogP contribution in [-0.2, 0) is 9.53 Å². The van der Waals surface area contributed by atoms with E-state index in [1.807, 2.05) is 59.5 Å². The summed E-state index contributed by atoms with van der Waals surface area (Å²) in [6.07, 6.45) is 5.64. The van der Waals surface area contributed by atoms with Crippen LogP contribution in [0, 0.1) is 5.92 Å². The number of nitrogens with two attached hydrogens (primary N) is 1. The van der Waals surface area contributed by atoms with E-state index in [4.69, 9.17) is 20.2 Å². The Labute approximate surface area is 204 Å². The molecule has 1 fully saturated rings. The molecule has 2 aromatic carbocycles. The normalized spacial score (nSPS) is 19.1. The number of likely N-dealkylation sites (tertiary alicyclic amines) is 1. The van der Waals surface area contributed by atoms with E-state index in [1.165, 1.54) is 6.33 Å². The number of nitrogens with zero attached hydrogens (tertiary/aromatic N) is 4. The highest BCUT2D eigenvalue weighted by molar-refractivity contribution is 6.17. The molecule has 3 heterocycles. The Morgan fingerprint density at radius 1 is 1.11 bits per heavy atom. The minimum atomic E-state index is -0.175. The maximum Gasteiger partial charge on any atom is 0.246 e. The van der Waals surface area contributed by atoms with Gasteiger partial charge in [0.25, 0.3) is 0 Å². The van der Waals surface area contributed by atoms with Crippen LogP contribution in [0.1, 0.15) is 29.3 Å². The zero-order chi connectivity index (χ0) is 24.2. The third-order valence-corrected chi connectivity index (χ3v) is 6.30. The monoisotopic (exact) mass is 469 g/mol. The molecule has 8 nitrogen and oxygen atoms in total. The number of para-hydroxylation sites is 1. The Hall–Kier alpha value is -4.04. The van der Waals surface area contributed by atoms with Crippen molar-refractivity contribution >= 4 is 17.4 Å². The van der Waals surface area contributed by atoms with E-state index in [2.05, 4.69) is 9.97 Å². The van der Waals surface area contributed by atoms with Crippen molar-refractivity contribution in [3.63, 3.8) is 0 Å². The van der Waals surface area contributed by atoms with Crippen molar-refractivity contribution in [1.29, 1.82) is 0 Å². The topological polar surface area (TPSA) is 103 Å². The fourth-order valence-electron chi connectivity index (χ4n) is 4.59. The van der Waals surface area contributed by atoms with Gasteiger partial charge in [-0.2, -0.15) is 0 Å². The predicted octanol–water partition coefficient (Wildman–Crippen LogP) is 3.79. The highest BCUT2D eigenvalue weighted by Crippen LogP contribution is 2.41. The zero-order valence-electron chi connectivity index (χ0n) is 19.5. The molecule has 2 N–H and O–H groups in total. The van der Waals surface area contributed by atoms with Crippen molar-refractivity contribution < 1.29 is 14.3 Å². The van der Waals surface area contributed by atoms with Gasteiger partial charge in [0.05, 0.1) is 29.6 Å². The van der Waals surface area contributed by atoms with Crippen molar-refractivity contribution in [3.8, 4) is 11.5 Å². The Morgan fingerprint density at radius 2 is 1.89 bits per heavy atom. The number of fused-ring (bicyclic) bond motifs is 1. The number of nitrogen functional groups attached to an aromatic ring is 1. The SMILES string of the molecule is COC/C=C/C(=O)N1CCC(C2N=C(c3ccc(Oc4ccccc4)cc3)c3c(N)ncnc32)C1. The maximum atomic E-state index is 12.5. The Bertz CT molecular complexity index is 1260. The summed E-state index contributed by atoms with van der Waals surface area (Å²) in [5.41, 5.74) is 9.59. The van der Waals surface area contributed by atoms with Gasteiger partial charge >= 0.3 is 0 Å². The van der Waals surface area contributed by atoms with Crippen LogP contribution >= 0.6 is 0 Å². The van der Waals surface area contributed by atoms with Gasteiger partial charge in [-0.1, -0.05) is 24.3 Å². The summed E-state index contributed by atoms with van der Waals surface area (Å²) in [6.45, 7) is 1.71. The first-order chi connectivity index (χ1) is 17.1. The minimum Gasteiger partial charge on any atom is -0.457 e. The molecule has 2 aliphatic rings. The molecule has 3 aromatic rings. The fraction of sp³-hybridized carbons (Fsp3) is 0.259. The van der Waals surface area contributed by atoms with E-state index in [1.54, 1.807) is 19.3 Å². The zero-order valence-corrected chi connectivity index (χ0v) is 19.5. The van der Waals surface area contributed by atoms with Gasteiger partial charge in [-0.05, 0) is 42.8 Å². The van der Waals surface area contributed by atoms with Gasteiger partial charge < -0.3 is 20.1 Å². The molecule has 1 saturated heterocycles. The molecule has 0 saturated carbocycles. The lowest BCUT2D eigenvalue weighted by atomic mass is 9.95. The van der Waals surface area contributed by atoms with Crippen LogP contribution in [0.5, 0.6) is 11.5 Å². The van der Waals surface area contributed by atoms with Crippen molar-refractivity contribution in [2.45, 2.75) is 12.5 Å². The van der Waals surface area contributed by atoms with Crippen LogP contribution in [-0.4, -0.2) is 53.3 Å². The Kier molecular flexibility index (Phi) is 6.54. The van der Waals surface area contributed by atoms with Crippen LogP contribution in [0.25, 0.3) is 0 Å². The van der Waals surface area contributed by atoms with Gasteiger partial charge in [-0.3, -0.25) is 9.79 Å². The van der Waals surface area contributed by atoms with Gasteiger partial charge in [0.1, 0.15) is 23.6 Å². The molecular weight excluding hydrogens is 442 g/mol. The predicted molar refractivity (Wildman–Crippen MR) is 133 cm³/mol. The average Bonchev–Trinajstić information content (AvgIpc) is 3.51. The summed E-state index contributed by atoms with van der Waals surface area (Å²) in [5, 5.41) is 0. The molecule has 8 heteroatoms. The number of carbonyl (C=O) groups excluding carboxylic acids is 1. The number of ether oxygens (including phenoxy) is 2. The second kappa shape index (κ2) is 10.1. The highest BCUT2D eigenvalue weighted by atomic mass is 16.5. The molecule has 178 valence electrons. The second-order valence-corrected chi connectivity index (χ2v) is 8.57. The second-order valence-electron chi connectivity index (χ2n) is 8.57. The Morgan fingerprint density at radius 3 is 2.66 bits per heavy atom. The number of carbonyl (C=O) groups is 1. The van der Waals surface area contributed by atoms with E-state index >= 15 is 0 Å². The van der Waals surface area contributed by atoms with Crippen LogP contribution in [0.15, 0.2) is 78.1 Å². The molecule has 2 unspecified atom stereocenters. The van der Waals surface area contributed by atoms with Gasteiger partial charge in [-0.25, -0.2) is 9.97 Å². The molecule has 0 aliphatic carbocycles.